The lowest BCUT2D eigenvalue weighted by molar-refractivity contribution is -0.387. The van der Waals surface area contributed by atoms with Crippen molar-refractivity contribution in [3.8, 4) is 5.69 Å². The van der Waals surface area contributed by atoms with Crippen LogP contribution < -0.4 is 5.32 Å². The maximum atomic E-state index is 13.4. The van der Waals surface area contributed by atoms with Gasteiger partial charge in [0.05, 0.1) is 22.7 Å². The Morgan fingerprint density at radius 3 is 2.50 bits per heavy atom. The first kappa shape index (κ1) is 19.2. The van der Waals surface area contributed by atoms with Crippen molar-refractivity contribution in [2.45, 2.75) is 20.3 Å². The number of carbonyl (C=O) groups excluding carboxylic acids is 1. The molecule has 1 amide bonds. The van der Waals surface area contributed by atoms with E-state index in [0.29, 0.717) is 22.6 Å². The summed E-state index contributed by atoms with van der Waals surface area (Å²) in [7, 11) is 0. The molecule has 3 aromatic rings. The lowest BCUT2D eigenvalue weighted by Gasteiger charge is -2.07. The molecule has 0 radical (unpaired) electrons. The van der Waals surface area contributed by atoms with Gasteiger partial charge in [0.25, 0.3) is 0 Å². The smallest absolute Gasteiger partial charge is 0.306 e. The number of hydrogen-bond acceptors (Lipinski definition) is 4. The number of nitrogens with zero attached hydrogens (tertiary/aromatic N) is 3. The van der Waals surface area contributed by atoms with Crippen molar-refractivity contribution in [2.75, 3.05) is 5.32 Å². The van der Waals surface area contributed by atoms with E-state index in [2.05, 4.69) is 10.4 Å². The van der Waals surface area contributed by atoms with Gasteiger partial charge in [0.15, 0.2) is 0 Å². The Morgan fingerprint density at radius 1 is 1.18 bits per heavy atom. The van der Waals surface area contributed by atoms with Gasteiger partial charge in [-0.1, -0.05) is 0 Å². The number of aromatic nitrogens is 2. The molecule has 144 valence electrons. The zero-order valence-electron chi connectivity index (χ0n) is 15.1. The molecule has 7 nitrogen and oxygen atoms in total. The third kappa shape index (κ3) is 3.88. The zero-order valence-corrected chi connectivity index (χ0v) is 15.1. The summed E-state index contributed by atoms with van der Waals surface area (Å²) >= 11 is 0. The van der Waals surface area contributed by atoms with Gasteiger partial charge in [-0.15, -0.1) is 0 Å². The summed E-state index contributed by atoms with van der Waals surface area (Å²) in [6.07, 6.45) is -0.0238. The minimum atomic E-state index is -0.977. The van der Waals surface area contributed by atoms with Crippen molar-refractivity contribution < 1.29 is 18.5 Å². The Labute approximate surface area is 158 Å². The maximum Gasteiger partial charge on any atom is 0.306 e. The Morgan fingerprint density at radius 2 is 1.86 bits per heavy atom. The first-order valence-corrected chi connectivity index (χ1v) is 8.31. The molecule has 2 aromatic carbocycles. The third-order valence-electron chi connectivity index (χ3n) is 4.28. The third-order valence-corrected chi connectivity index (χ3v) is 4.28. The van der Waals surface area contributed by atoms with E-state index >= 15 is 0 Å². The van der Waals surface area contributed by atoms with E-state index in [4.69, 9.17) is 0 Å². The Hall–Kier alpha value is -3.62. The van der Waals surface area contributed by atoms with Gasteiger partial charge in [-0.25, -0.2) is 9.07 Å². The summed E-state index contributed by atoms with van der Waals surface area (Å²) < 4.78 is 28.1. The highest BCUT2D eigenvalue weighted by Gasteiger charge is 2.18. The van der Waals surface area contributed by atoms with Gasteiger partial charge in [0, 0.05) is 23.0 Å². The molecule has 0 aliphatic heterocycles. The molecule has 0 aliphatic rings. The second-order valence-corrected chi connectivity index (χ2v) is 6.19. The Balaban J connectivity index is 1.80. The topological polar surface area (TPSA) is 90.1 Å². The first-order chi connectivity index (χ1) is 13.3. The molecular weight excluding hydrogens is 370 g/mol. The summed E-state index contributed by atoms with van der Waals surface area (Å²) in [4.78, 5) is 22.3. The van der Waals surface area contributed by atoms with Gasteiger partial charge in [-0.05, 0) is 50.2 Å². The normalized spacial score (nSPS) is 10.7. The minimum Gasteiger partial charge on any atom is -0.326 e. The number of nitro benzene ring substituents is 1. The van der Waals surface area contributed by atoms with E-state index < -0.39 is 22.3 Å². The summed E-state index contributed by atoms with van der Waals surface area (Å²) in [5, 5.41) is 17.7. The summed E-state index contributed by atoms with van der Waals surface area (Å²) in [6.45, 7) is 3.53. The lowest BCUT2D eigenvalue weighted by Crippen LogP contribution is -2.15. The van der Waals surface area contributed by atoms with Gasteiger partial charge >= 0.3 is 5.69 Å². The average Bonchev–Trinajstić information content (AvgIpc) is 2.92. The number of amides is 1. The zero-order chi connectivity index (χ0) is 20.4. The van der Waals surface area contributed by atoms with Crippen LogP contribution in [0.4, 0.5) is 20.2 Å². The number of rotatable bonds is 5. The van der Waals surface area contributed by atoms with Crippen molar-refractivity contribution >= 4 is 17.3 Å². The van der Waals surface area contributed by atoms with Crippen LogP contribution in [0.1, 0.15) is 17.0 Å². The molecule has 1 aromatic heterocycles. The Kier molecular flexibility index (Phi) is 5.16. The van der Waals surface area contributed by atoms with Gasteiger partial charge in [-0.2, -0.15) is 9.49 Å². The van der Waals surface area contributed by atoms with E-state index in [1.165, 1.54) is 18.2 Å². The molecule has 1 heterocycles. The predicted octanol–water partition coefficient (Wildman–Crippen LogP) is 3.86. The summed E-state index contributed by atoms with van der Waals surface area (Å²) in [5.41, 5.74) is 2.08. The minimum absolute atomic E-state index is 0.0238. The van der Waals surface area contributed by atoms with Crippen LogP contribution in [0.5, 0.6) is 0 Å². The second kappa shape index (κ2) is 7.55. The van der Waals surface area contributed by atoms with Crippen LogP contribution in [0.25, 0.3) is 5.69 Å². The van der Waals surface area contributed by atoms with E-state index in [9.17, 15) is 23.7 Å². The number of halogens is 2. The number of carbonyl (C=O) groups is 1. The molecule has 0 bridgehead atoms. The number of aryl methyl sites for hydroxylation is 1. The van der Waals surface area contributed by atoms with E-state index in [1.54, 1.807) is 30.7 Å². The first-order valence-electron chi connectivity index (χ1n) is 8.31. The Bertz CT molecular complexity index is 1060. The molecule has 28 heavy (non-hydrogen) atoms. The van der Waals surface area contributed by atoms with Gasteiger partial charge in [0.1, 0.15) is 5.82 Å². The molecular formula is C19H16F2N4O3. The number of anilines is 1. The van der Waals surface area contributed by atoms with E-state index in [0.717, 1.165) is 12.1 Å². The highest BCUT2D eigenvalue weighted by molar-refractivity contribution is 5.92. The molecule has 0 atom stereocenters. The van der Waals surface area contributed by atoms with Gasteiger partial charge in [-0.3, -0.25) is 14.9 Å². The highest BCUT2D eigenvalue weighted by atomic mass is 19.1. The van der Waals surface area contributed by atoms with Crippen molar-refractivity contribution in [1.29, 1.82) is 0 Å². The van der Waals surface area contributed by atoms with Crippen LogP contribution in [0.2, 0.25) is 0 Å². The molecule has 0 unspecified atom stereocenters. The molecule has 0 fully saturated rings. The lowest BCUT2D eigenvalue weighted by atomic mass is 10.1. The standard InChI is InChI=1S/C19H16F2N4O3/c1-11-16(12(2)24(23-11)15-6-3-13(20)4-7-15)10-19(26)22-14-5-8-17(21)18(9-14)25(27)28/h3-9H,10H2,1-2H3,(H,22,26). The van der Waals surface area contributed by atoms with Gasteiger partial charge in [0.2, 0.25) is 11.7 Å². The average molecular weight is 386 g/mol. The van der Waals surface area contributed by atoms with Crippen molar-refractivity contribution in [1.82, 2.24) is 9.78 Å². The van der Waals surface area contributed by atoms with Crippen molar-refractivity contribution in [2.24, 2.45) is 0 Å². The predicted molar refractivity (Wildman–Crippen MR) is 98.4 cm³/mol. The number of nitro groups is 1. The van der Waals surface area contributed by atoms with Crippen molar-refractivity contribution in [3.05, 3.63) is 81.2 Å². The quantitative estimate of drug-likeness (QED) is 0.533. The molecule has 0 aliphatic carbocycles. The fourth-order valence-corrected chi connectivity index (χ4v) is 2.86. The monoisotopic (exact) mass is 386 g/mol. The summed E-state index contributed by atoms with van der Waals surface area (Å²) in [5.74, 6) is -1.76. The van der Waals surface area contributed by atoms with Crippen LogP contribution in [-0.4, -0.2) is 20.6 Å². The molecule has 3 rings (SSSR count). The number of benzene rings is 2. The molecule has 9 heteroatoms. The number of hydrogen-bond donors (Lipinski definition) is 1. The maximum absolute atomic E-state index is 13.4. The van der Waals surface area contributed by atoms with Crippen LogP contribution in [-0.2, 0) is 11.2 Å². The number of nitrogens with one attached hydrogen (secondary N) is 1. The summed E-state index contributed by atoms with van der Waals surface area (Å²) in [6, 6.07) is 8.94. The van der Waals surface area contributed by atoms with Crippen LogP contribution in [0.15, 0.2) is 42.5 Å². The van der Waals surface area contributed by atoms with Crippen LogP contribution in [0, 0.1) is 35.6 Å². The molecule has 1 N–H and O–H groups in total. The van der Waals surface area contributed by atoms with Crippen molar-refractivity contribution in [3.63, 3.8) is 0 Å². The largest absolute Gasteiger partial charge is 0.326 e. The van der Waals surface area contributed by atoms with Gasteiger partial charge < -0.3 is 5.32 Å². The fourth-order valence-electron chi connectivity index (χ4n) is 2.86. The van der Waals surface area contributed by atoms with Crippen LogP contribution >= 0.6 is 0 Å². The molecule has 0 saturated heterocycles. The molecule has 0 saturated carbocycles. The fraction of sp³-hybridized carbons (Fsp3) is 0.158. The SMILES string of the molecule is Cc1nn(-c2ccc(F)cc2)c(C)c1CC(=O)Nc1ccc(F)c([N+](=O)[O-])c1. The highest BCUT2D eigenvalue weighted by Crippen LogP contribution is 2.23. The van der Waals surface area contributed by atoms with Crippen LogP contribution in [0.3, 0.4) is 0 Å². The van der Waals surface area contributed by atoms with E-state index in [1.807, 2.05) is 0 Å². The molecule has 0 spiro atoms. The van der Waals surface area contributed by atoms with E-state index in [-0.39, 0.29) is 17.9 Å². The second-order valence-electron chi connectivity index (χ2n) is 6.19.